The quantitative estimate of drug-likeness (QED) is 0.896. The molecule has 4 nitrogen and oxygen atoms in total. The van der Waals surface area contributed by atoms with Crippen LogP contribution in [0.4, 0.5) is 5.82 Å². The van der Waals surface area contributed by atoms with Crippen LogP contribution in [0.15, 0.2) is 6.07 Å². The van der Waals surface area contributed by atoms with Gasteiger partial charge in [0.25, 0.3) is 0 Å². The average Bonchev–Trinajstić information content (AvgIpc) is 2.40. The van der Waals surface area contributed by atoms with Crippen LogP contribution in [0.25, 0.3) is 0 Å². The SMILES string of the molecule is CCCN1CCC(Nc2cc(C)nc(C(C)C)n2)CC1. The summed E-state index contributed by atoms with van der Waals surface area (Å²) in [4.78, 5) is 11.7. The summed E-state index contributed by atoms with van der Waals surface area (Å²) in [6, 6.07) is 2.61. The molecule has 1 fully saturated rings. The third kappa shape index (κ3) is 4.17. The van der Waals surface area contributed by atoms with Crippen molar-refractivity contribution in [1.29, 1.82) is 0 Å². The second kappa shape index (κ2) is 7.02. The number of hydrogen-bond acceptors (Lipinski definition) is 4. The van der Waals surface area contributed by atoms with Crippen LogP contribution in [0.3, 0.4) is 0 Å². The molecular weight excluding hydrogens is 248 g/mol. The summed E-state index contributed by atoms with van der Waals surface area (Å²) < 4.78 is 0. The van der Waals surface area contributed by atoms with Gasteiger partial charge < -0.3 is 10.2 Å². The van der Waals surface area contributed by atoms with Crippen molar-refractivity contribution in [3.63, 3.8) is 0 Å². The molecular formula is C16H28N4. The zero-order chi connectivity index (χ0) is 14.5. The molecule has 0 atom stereocenters. The highest BCUT2D eigenvalue weighted by molar-refractivity contribution is 5.37. The van der Waals surface area contributed by atoms with Gasteiger partial charge in [-0.25, -0.2) is 9.97 Å². The second-order valence-corrected chi connectivity index (χ2v) is 6.17. The first-order valence-corrected chi connectivity index (χ1v) is 7.93. The highest BCUT2D eigenvalue weighted by Crippen LogP contribution is 2.18. The predicted octanol–water partition coefficient (Wildman–Crippen LogP) is 3.19. The molecule has 1 N–H and O–H groups in total. The molecule has 0 radical (unpaired) electrons. The fraction of sp³-hybridized carbons (Fsp3) is 0.750. The van der Waals surface area contributed by atoms with Crippen LogP contribution in [0.2, 0.25) is 0 Å². The van der Waals surface area contributed by atoms with Gasteiger partial charge in [-0.2, -0.15) is 0 Å². The number of likely N-dealkylation sites (tertiary alicyclic amines) is 1. The smallest absolute Gasteiger partial charge is 0.133 e. The molecule has 20 heavy (non-hydrogen) atoms. The van der Waals surface area contributed by atoms with Crippen molar-refractivity contribution in [1.82, 2.24) is 14.9 Å². The Morgan fingerprint density at radius 2 is 2.00 bits per heavy atom. The van der Waals surface area contributed by atoms with Crippen molar-refractivity contribution in [2.45, 2.75) is 58.9 Å². The van der Waals surface area contributed by atoms with Crippen molar-refractivity contribution in [2.24, 2.45) is 0 Å². The minimum Gasteiger partial charge on any atom is -0.367 e. The molecule has 0 saturated carbocycles. The van der Waals surface area contributed by atoms with E-state index < -0.39 is 0 Å². The summed E-state index contributed by atoms with van der Waals surface area (Å²) in [5, 5.41) is 3.60. The van der Waals surface area contributed by atoms with Crippen LogP contribution in [-0.4, -0.2) is 40.5 Å². The molecule has 1 aliphatic rings. The van der Waals surface area contributed by atoms with Crippen LogP contribution in [0, 0.1) is 6.92 Å². The van der Waals surface area contributed by atoms with E-state index in [4.69, 9.17) is 0 Å². The molecule has 1 aromatic rings. The molecule has 0 aromatic carbocycles. The Morgan fingerprint density at radius 3 is 2.60 bits per heavy atom. The van der Waals surface area contributed by atoms with Crippen molar-refractivity contribution < 1.29 is 0 Å². The standard InChI is InChI=1S/C16H28N4/c1-5-8-20-9-6-14(7-10-20)18-15-11-13(4)17-16(19-15)12(2)3/h11-12,14H,5-10H2,1-4H3,(H,17,18,19). The van der Waals surface area contributed by atoms with E-state index in [1.807, 2.05) is 6.92 Å². The topological polar surface area (TPSA) is 41.0 Å². The van der Waals surface area contributed by atoms with Crippen LogP contribution >= 0.6 is 0 Å². The maximum Gasteiger partial charge on any atom is 0.133 e. The lowest BCUT2D eigenvalue weighted by atomic mass is 10.0. The summed E-state index contributed by atoms with van der Waals surface area (Å²) in [6.45, 7) is 12.2. The van der Waals surface area contributed by atoms with Gasteiger partial charge in [0, 0.05) is 36.8 Å². The van der Waals surface area contributed by atoms with Gasteiger partial charge in [-0.05, 0) is 32.7 Å². The van der Waals surface area contributed by atoms with E-state index >= 15 is 0 Å². The van der Waals surface area contributed by atoms with Gasteiger partial charge >= 0.3 is 0 Å². The van der Waals surface area contributed by atoms with Gasteiger partial charge in [0.2, 0.25) is 0 Å². The van der Waals surface area contributed by atoms with Crippen molar-refractivity contribution >= 4 is 5.82 Å². The van der Waals surface area contributed by atoms with Crippen LogP contribution in [-0.2, 0) is 0 Å². The van der Waals surface area contributed by atoms with Gasteiger partial charge in [-0.15, -0.1) is 0 Å². The monoisotopic (exact) mass is 276 g/mol. The summed E-state index contributed by atoms with van der Waals surface area (Å²) in [6.07, 6.45) is 3.67. The molecule has 0 unspecified atom stereocenters. The lowest BCUT2D eigenvalue weighted by Gasteiger charge is -2.32. The predicted molar refractivity (Wildman–Crippen MR) is 84.2 cm³/mol. The van der Waals surface area contributed by atoms with Gasteiger partial charge in [-0.3, -0.25) is 0 Å². The summed E-state index contributed by atoms with van der Waals surface area (Å²) in [5.74, 6) is 2.31. The summed E-state index contributed by atoms with van der Waals surface area (Å²) in [5.41, 5.74) is 1.05. The number of piperidine rings is 1. The van der Waals surface area contributed by atoms with E-state index in [1.54, 1.807) is 0 Å². The third-order valence-electron chi connectivity index (χ3n) is 3.87. The summed E-state index contributed by atoms with van der Waals surface area (Å²) >= 11 is 0. The van der Waals surface area contributed by atoms with E-state index in [1.165, 1.54) is 38.9 Å². The third-order valence-corrected chi connectivity index (χ3v) is 3.87. The van der Waals surface area contributed by atoms with Crippen LogP contribution < -0.4 is 5.32 Å². The normalized spacial score (nSPS) is 17.6. The average molecular weight is 276 g/mol. The zero-order valence-electron chi connectivity index (χ0n) is 13.3. The Bertz CT molecular complexity index is 422. The zero-order valence-corrected chi connectivity index (χ0v) is 13.3. The second-order valence-electron chi connectivity index (χ2n) is 6.17. The Labute approximate surface area is 123 Å². The van der Waals surface area contributed by atoms with Crippen molar-refractivity contribution in [2.75, 3.05) is 25.0 Å². The fourth-order valence-corrected chi connectivity index (χ4v) is 2.75. The van der Waals surface area contributed by atoms with E-state index in [0.29, 0.717) is 12.0 Å². The number of rotatable bonds is 5. The summed E-state index contributed by atoms with van der Waals surface area (Å²) in [7, 11) is 0. The molecule has 0 bridgehead atoms. The number of hydrogen-bond donors (Lipinski definition) is 1. The first-order valence-electron chi connectivity index (χ1n) is 7.93. The van der Waals surface area contributed by atoms with Crippen LogP contribution in [0.5, 0.6) is 0 Å². The van der Waals surface area contributed by atoms with E-state index in [0.717, 1.165) is 17.3 Å². The number of aromatic nitrogens is 2. The van der Waals surface area contributed by atoms with E-state index in [9.17, 15) is 0 Å². The lowest BCUT2D eigenvalue weighted by Crippen LogP contribution is -2.39. The number of nitrogens with zero attached hydrogens (tertiary/aromatic N) is 3. The molecule has 1 aromatic heterocycles. The molecule has 4 heteroatoms. The molecule has 1 saturated heterocycles. The Balaban J connectivity index is 1.94. The number of aryl methyl sites for hydroxylation is 1. The van der Waals surface area contributed by atoms with Gasteiger partial charge in [0.05, 0.1) is 0 Å². The fourth-order valence-electron chi connectivity index (χ4n) is 2.75. The molecule has 2 rings (SSSR count). The Morgan fingerprint density at radius 1 is 1.30 bits per heavy atom. The number of nitrogens with one attached hydrogen (secondary N) is 1. The van der Waals surface area contributed by atoms with Crippen molar-refractivity contribution in [3.8, 4) is 0 Å². The van der Waals surface area contributed by atoms with Crippen molar-refractivity contribution in [3.05, 3.63) is 17.6 Å². The molecule has 0 spiro atoms. The first-order chi connectivity index (χ1) is 9.58. The highest BCUT2D eigenvalue weighted by atomic mass is 15.1. The van der Waals surface area contributed by atoms with Gasteiger partial charge in [0.15, 0.2) is 0 Å². The Hall–Kier alpha value is -1.16. The van der Waals surface area contributed by atoms with Gasteiger partial charge in [-0.1, -0.05) is 20.8 Å². The maximum absolute atomic E-state index is 4.65. The Kier molecular flexibility index (Phi) is 5.35. The highest BCUT2D eigenvalue weighted by Gasteiger charge is 2.19. The molecule has 2 heterocycles. The molecule has 1 aliphatic heterocycles. The minimum atomic E-state index is 0.377. The largest absolute Gasteiger partial charge is 0.367 e. The first kappa shape index (κ1) is 15.2. The molecule has 0 amide bonds. The lowest BCUT2D eigenvalue weighted by molar-refractivity contribution is 0.219. The molecule has 112 valence electrons. The van der Waals surface area contributed by atoms with E-state index in [2.05, 4.69) is 47.0 Å². The van der Waals surface area contributed by atoms with Crippen LogP contribution in [0.1, 0.15) is 57.5 Å². The van der Waals surface area contributed by atoms with Gasteiger partial charge in [0.1, 0.15) is 11.6 Å². The van der Waals surface area contributed by atoms with E-state index in [-0.39, 0.29) is 0 Å². The maximum atomic E-state index is 4.65. The minimum absolute atomic E-state index is 0.377. The molecule has 0 aliphatic carbocycles. The number of anilines is 1.